The van der Waals surface area contributed by atoms with Gasteiger partial charge in [0.2, 0.25) is 0 Å². The highest BCUT2D eigenvalue weighted by Gasteiger charge is 2.09. The molecule has 0 spiro atoms. The summed E-state index contributed by atoms with van der Waals surface area (Å²) in [5.74, 6) is 1.11. The molecule has 0 heterocycles. The Morgan fingerprint density at radius 3 is 2.25 bits per heavy atom. The summed E-state index contributed by atoms with van der Waals surface area (Å²) in [6.45, 7) is 13.2. The molecule has 114 valence electrons. The van der Waals surface area contributed by atoms with Crippen LogP contribution in [0.1, 0.15) is 51.2 Å². The number of hydrogen-bond donors (Lipinski definition) is 0. The van der Waals surface area contributed by atoms with Crippen LogP contribution in [0.4, 0.5) is 0 Å². The quantitative estimate of drug-likeness (QED) is 0.626. The van der Waals surface area contributed by atoms with E-state index in [0.717, 1.165) is 31.7 Å². The summed E-state index contributed by atoms with van der Waals surface area (Å²) in [7, 11) is 0. The lowest BCUT2D eigenvalue weighted by Crippen LogP contribution is -2.27. The first kappa shape index (κ1) is 17.0. The second-order valence-electron chi connectivity index (χ2n) is 5.50. The fraction of sp³-hybridized carbons (Fsp3) is 0.667. The Morgan fingerprint density at radius 1 is 0.950 bits per heavy atom. The number of aryl methyl sites for hydroxylation is 1. The average molecular weight is 277 g/mol. The van der Waals surface area contributed by atoms with E-state index in [2.05, 4.69) is 50.8 Å². The lowest BCUT2D eigenvalue weighted by atomic mass is 10.1. The van der Waals surface area contributed by atoms with Crippen molar-refractivity contribution in [2.75, 3.05) is 26.2 Å². The van der Waals surface area contributed by atoms with E-state index in [1.165, 1.54) is 37.1 Å². The molecule has 0 radical (unpaired) electrons. The number of nitrogens with zero attached hydrogens (tertiary/aromatic N) is 1. The number of benzene rings is 1. The number of hydrogen-bond acceptors (Lipinski definition) is 2. The summed E-state index contributed by atoms with van der Waals surface area (Å²) < 4.78 is 5.95. The van der Waals surface area contributed by atoms with Crippen LogP contribution in [0.15, 0.2) is 18.2 Å². The van der Waals surface area contributed by atoms with Crippen molar-refractivity contribution in [2.45, 2.75) is 53.4 Å². The van der Waals surface area contributed by atoms with Crippen molar-refractivity contribution < 1.29 is 4.74 Å². The highest BCUT2D eigenvalue weighted by Crippen LogP contribution is 2.24. The summed E-state index contributed by atoms with van der Waals surface area (Å²) in [5, 5.41) is 0. The van der Waals surface area contributed by atoms with Crippen LogP contribution in [0, 0.1) is 6.92 Å². The predicted octanol–water partition coefficient (Wildman–Crippen LogP) is 4.45. The van der Waals surface area contributed by atoms with Gasteiger partial charge in [0, 0.05) is 6.54 Å². The van der Waals surface area contributed by atoms with Crippen molar-refractivity contribution in [1.82, 2.24) is 4.90 Å². The molecule has 0 amide bonds. The van der Waals surface area contributed by atoms with E-state index < -0.39 is 0 Å². The molecule has 20 heavy (non-hydrogen) atoms. The van der Waals surface area contributed by atoms with Gasteiger partial charge in [-0.15, -0.1) is 0 Å². The SMILES string of the molecule is CCCOc1c(C)cccc1CCN(CCC)CCC. The van der Waals surface area contributed by atoms with E-state index in [1.54, 1.807) is 0 Å². The van der Waals surface area contributed by atoms with Crippen molar-refractivity contribution >= 4 is 0 Å². The zero-order valence-corrected chi connectivity index (χ0v) is 13.7. The Kier molecular flexibility index (Phi) is 8.36. The van der Waals surface area contributed by atoms with Gasteiger partial charge in [0.05, 0.1) is 6.61 Å². The highest BCUT2D eigenvalue weighted by atomic mass is 16.5. The largest absolute Gasteiger partial charge is 0.493 e. The predicted molar refractivity (Wildman–Crippen MR) is 87.7 cm³/mol. The maximum atomic E-state index is 5.95. The Hall–Kier alpha value is -1.02. The van der Waals surface area contributed by atoms with Crippen molar-refractivity contribution in [1.29, 1.82) is 0 Å². The third kappa shape index (κ3) is 5.54. The smallest absolute Gasteiger partial charge is 0.125 e. The molecule has 1 rings (SSSR count). The van der Waals surface area contributed by atoms with Gasteiger partial charge in [-0.1, -0.05) is 39.0 Å². The van der Waals surface area contributed by atoms with Crippen LogP contribution in [0.3, 0.4) is 0 Å². The van der Waals surface area contributed by atoms with Crippen LogP contribution >= 0.6 is 0 Å². The van der Waals surface area contributed by atoms with E-state index in [1.807, 2.05) is 0 Å². The standard InChI is InChI=1S/C18H31NO/c1-5-12-19(13-6-2)14-11-17-10-8-9-16(4)18(17)20-15-7-3/h8-10H,5-7,11-15H2,1-4H3. The second kappa shape index (κ2) is 9.82. The highest BCUT2D eigenvalue weighted by molar-refractivity contribution is 5.40. The molecule has 0 aliphatic rings. The van der Waals surface area contributed by atoms with Gasteiger partial charge < -0.3 is 9.64 Å². The molecule has 2 heteroatoms. The topological polar surface area (TPSA) is 12.5 Å². The first-order valence-corrected chi connectivity index (χ1v) is 8.16. The van der Waals surface area contributed by atoms with Gasteiger partial charge in [0.15, 0.2) is 0 Å². The second-order valence-corrected chi connectivity index (χ2v) is 5.50. The third-order valence-corrected chi connectivity index (χ3v) is 3.52. The van der Waals surface area contributed by atoms with Crippen molar-refractivity contribution in [3.63, 3.8) is 0 Å². The zero-order valence-electron chi connectivity index (χ0n) is 13.7. The molecule has 0 aromatic heterocycles. The van der Waals surface area contributed by atoms with Crippen LogP contribution in [0.25, 0.3) is 0 Å². The Labute approximate surface area is 125 Å². The van der Waals surface area contributed by atoms with Crippen molar-refractivity contribution in [3.8, 4) is 5.75 Å². The molecular weight excluding hydrogens is 246 g/mol. The number of para-hydroxylation sites is 1. The summed E-state index contributed by atoms with van der Waals surface area (Å²) in [5.41, 5.74) is 2.61. The van der Waals surface area contributed by atoms with Gasteiger partial charge in [0.25, 0.3) is 0 Å². The fourth-order valence-corrected chi connectivity index (χ4v) is 2.57. The molecule has 2 nitrogen and oxygen atoms in total. The molecular formula is C18H31NO. The Morgan fingerprint density at radius 2 is 1.65 bits per heavy atom. The summed E-state index contributed by atoms with van der Waals surface area (Å²) >= 11 is 0. The Bertz CT molecular complexity index is 370. The van der Waals surface area contributed by atoms with Gasteiger partial charge in [-0.25, -0.2) is 0 Å². The average Bonchev–Trinajstić information content (AvgIpc) is 2.44. The first-order valence-electron chi connectivity index (χ1n) is 8.16. The minimum absolute atomic E-state index is 0.811. The molecule has 0 fully saturated rings. The summed E-state index contributed by atoms with van der Waals surface area (Å²) in [4.78, 5) is 2.56. The molecule has 0 saturated carbocycles. The van der Waals surface area contributed by atoms with Gasteiger partial charge in [-0.2, -0.15) is 0 Å². The van der Waals surface area contributed by atoms with Crippen molar-refractivity contribution in [2.24, 2.45) is 0 Å². The fourth-order valence-electron chi connectivity index (χ4n) is 2.57. The van der Waals surface area contributed by atoms with Crippen LogP contribution in [0.2, 0.25) is 0 Å². The molecule has 0 aliphatic carbocycles. The van der Waals surface area contributed by atoms with Gasteiger partial charge in [-0.05, 0) is 56.8 Å². The minimum Gasteiger partial charge on any atom is -0.493 e. The molecule has 0 saturated heterocycles. The normalized spacial score (nSPS) is 11.1. The van der Waals surface area contributed by atoms with Crippen LogP contribution in [0.5, 0.6) is 5.75 Å². The lowest BCUT2D eigenvalue weighted by molar-refractivity contribution is 0.273. The molecule has 0 atom stereocenters. The molecule has 0 aliphatic heterocycles. The molecule has 0 N–H and O–H groups in total. The van der Waals surface area contributed by atoms with Gasteiger partial charge in [0.1, 0.15) is 5.75 Å². The van der Waals surface area contributed by atoms with Crippen LogP contribution in [-0.4, -0.2) is 31.1 Å². The van der Waals surface area contributed by atoms with Crippen LogP contribution in [-0.2, 0) is 6.42 Å². The molecule has 1 aromatic carbocycles. The number of ether oxygens (including phenoxy) is 1. The maximum absolute atomic E-state index is 5.95. The Balaban J connectivity index is 2.67. The molecule has 1 aromatic rings. The van der Waals surface area contributed by atoms with E-state index in [-0.39, 0.29) is 0 Å². The van der Waals surface area contributed by atoms with Crippen LogP contribution < -0.4 is 4.74 Å². The van der Waals surface area contributed by atoms with Gasteiger partial charge >= 0.3 is 0 Å². The molecule has 0 bridgehead atoms. The van der Waals surface area contributed by atoms with E-state index in [4.69, 9.17) is 4.74 Å². The van der Waals surface area contributed by atoms with E-state index in [0.29, 0.717) is 0 Å². The lowest BCUT2D eigenvalue weighted by Gasteiger charge is -2.22. The zero-order chi connectivity index (χ0) is 14.8. The minimum atomic E-state index is 0.811. The van der Waals surface area contributed by atoms with E-state index >= 15 is 0 Å². The van der Waals surface area contributed by atoms with Crippen molar-refractivity contribution in [3.05, 3.63) is 29.3 Å². The first-order chi connectivity index (χ1) is 9.72. The third-order valence-electron chi connectivity index (χ3n) is 3.52. The molecule has 0 unspecified atom stereocenters. The maximum Gasteiger partial charge on any atom is 0.125 e. The summed E-state index contributed by atoms with van der Waals surface area (Å²) in [6.07, 6.45) is 4.60. The monoisotopic (exact) mass is 277 g/mol. The summed E-state index contributed by atoms with van der Waals surface area (Å²) in [6, 6.07) is 6.51. The van der Waals surface area contributed by atoms with E-state index in [9.17, 15) is 0 Å². The van der Waals surface area contributed by atoms with Gasteiger partial charge in [-0.3, -0.25) is 0 Å². The number of rotatable bonds is 10.